The second kappa shape index (κ2) is 10.6. The fourth-order valence-electron chi connectivity index (χ4n) is 3.59. The minimum Gasteiger partial charge on any atom is -0.477 e. The summed E-state index contributed by atoms with van der Waals surface area (Å²) in [5, 5.41) is 0. The Hall–Kier alpha value is -2.40. The van der Waals surface area contributed by atoms with Gasteiger partial charge in [0.05, 0.1) is 41.5 Å². The van der Waals surface area contributed by atoms with Crippen LogP contribution in [-0.2, 0) is 4.74 Å². The number of hydrogen-bond acceptors (Lipinski definition) is 4. The summed E-state index contributed by atoms with van der Waals surface area (Å²) in [7, 11) is 1.74. The number of aryl methyl sites for hydroxylation is 2. The summed E-state index contributed by atoms with van der Waals surface area (Å²) >= 11 is 0. The fourth-order valence-corrected chi connectivity index (χ4v) is 3.59. The molecule has 3 aromatic heterocycles. The molecule has 3 heterocycles. The molecule has 1 atom stereocenters. The average Bonchev–Trinajstić information content (AvgIpc) is 3.05. The number of fused-ring (bicyclic) bond motifs is 1. The predicted molar refractivity (Wildman–Crippen MR) is 126 cm³/mol. The van der Waals surface area contributed by atoms with Gasteiger partial charge in [-0.25, -0.2) is 9.97 Å². The highest BCUT2D eigenvalue weighted by Crippen LogP contribution is 2.34. The van der Waals surface area contributed by atoms with Gasteiger partial charge in [-0.2, -0.15) is 0 Å². The highest BCUT2D eigenvalue weighted by Gasteiger charge is 2.18. The highest BCUT2D eigenvalue weighted by atomic mass is 16.5. The van der Waals surface area contributed by atoms with Gasteiger partial charge in [-0.05, 0) is 62.9 Å². The van der Waals surface area contributed by atoms with Crippen LogP contribution in [0.3, 0.4) is 0 Å². The smallest absolute Gasteiger partial charge is 0.223 e. The van der Waals surface area contributed by atoms with E-state index in [2.05, 4.69) is 63.6 Å². The normalized spacial score (nSPS) is 12.1. The maximum atomic E-state index is 5.88. The third-order valence-corrected chi connectivity index (χ3v) is 5.07. The molecule has 1 unspecified atom stereocenters. The summed E-state index contributed by atoms with van der Waals surface area (Å²) in [6, 6.07) is 6.63. The molecule has 0 amide bonds. The van der Waals surface area contributed by atoms with Crippen LogP contribution < -0.4 is 4.74 Å². The number of pyridine rings is 2. The van der Waals surface area contributed by atoms with E-state index in [1.807, 2.05) is 20.8 Å². The molecule has 164 valence electrons. The second-order valence-corrected chi connectivity index (χ2v) is 7.72. The molecule has 0 aliphatic rings. The summed E-state index contributed by atoms with van der Waals surface area (Å²) in [4.78, 5) is 9.80. The summed E-state index contributed by atoms with van der Waals surface area (Å²) < 4.78 is 13.5. The summed E-state index contributed by atoms with van der Waals surface area (Å²) in [6.07, 6.45) is 2.16. The van der Waals surface area contributed by atoms with Crippen LogP contribution in [0.15, 0.2) is 24.4 Å². The van der Waals surface area contributed by atoms with E-state index in [0.29, 0.717) is 25.0 Å². The molecule has 0 aliphatic carbocycles. The highest BCUT2D eigenvalue weighted by molar-refractivity contribution is 5.85. The van der Waals surface area contributed by atoms with Gasteiger partial charge in [0.15, 0.2) is 0 Å². The van der Waals surface area contributed by atoms with Crippen molar-refractivity contribution >= 4 is 11.0 Å². The van der Waals surface area contributed by atoms with Crippen molar-refractivity contribution in [3.05, 3.63) is 41.2 Å². The molecule has 5 heteroatoms. The van der Waals surface area contributed by atoms with Gasteiger partial charge in [-0.1, -0.05) is 27.7 Å². The van der Waals surface area contributed by atoms with Crippen molar-refractivity contribution in [2.75, 3.05) is 20.3 Å². The van der Waals surface area contributed by atoms with Gasteiger partial charge in [0.2, 0.25) is 5.88 Å². The van der Waals surface area contributed by atoms with E-state index < -0.39 is 0 Å². The molecule has 0 radical (unpaired) electrons. The van der Waals surface area contributed by atoms with Crippen LogP contribution in [0.1, 0.15) is 70.3 Å². The molecule has 5 nitrogen and oxygen atoms in total. The maximum Gasteiger partial charge on any atom is 0.223 e. The van der Waals surface area contributed by atoms with Crippen LogP contribution in [-0.4, -0.2) is 34.9 Å². The van der Waals surface area contributed by atoms with Crippen molar-refractivity contribution in [3.8, 4) is 17.1 Å². The predicted octanol–water partition coefficient (Wildman–Crippen LogP) is 6.47. The Morgan fingerprint density at radius 1 is 1.03 bits per heavy atom. The molecular formula is C25H37N3O2. The third-order valence-electron chi connectivity index (χ3n) is 5.07. The van der Waals surface area contributed by atoms with Crippen LogP contribution >= 0.6 is 0 Å². The Morgan fingerprint density at radius 3 is 2.33 bits per heavy atom. The van der Waals surface area contributed by atoms with Crippen molar-refractivity contribution in [1.29, 1.82) is 0 Å². The molecule has 0 aromatic carbocycles. The zero-order valence-corrected chi connectivity index (χ0v) is 20.0. The Bertz CT molecular complexity index is 976. The van der Waals surface area contributed by atoms with Gasteiger partial charge in [-0.15, -0.1) is 0 Å². The lowest BCUT2D eigenvalue weighted by Crippen LogP contribution is -2.10. The van der Waals surface area contributed by atoms with E-state index in [0.717, 1.165) is 39.1 Å². The first-order valence-corrected chi connectivity index (χ1v) is 11.0. The molecule has 0 bridgehead atoms. The molecule has 0 N–H and O–H groups in total. The topological polar surface area (TPSA) is 49.2 Å². The molecule has 30 heavy (non-hydrogen) atoms. The first-order chi connectivity index (χ1) is 14.4. The largest absolute Gasteiger partial charge is 0.477 e. The van der Waals surface area contributed by atoms with Gasteiger partial charge in [0.25, 0.3) is 0 Å². The lowest BCUT2D eigenvalue weighted by Gasteiger charge is -2.16. The third kappa shape index (κ3) is 4.84. The zero-order valence-electron chi connectivity index (χ0n) is 20.0. The maximum absolute atomic E-state index is 5.88. The Kier molecular flexibility index (Phi) is 8.42. The van der Waals surface area contributed by atoms with Crippen LogP contribution in [0.2, 0.25) is 0 Å². The Labute approximate surface area is 181 Å². The summed E-state index contributed by atoms with van der Waals surface area (Å²) in [6.45, 7) is 17.9. The van der Waals surface area contributed by atoms with E-state index in [1.165, 1.54) is 0 Å². The summed E-state index contributed by atoms with van der Waals surface area (Å²) in [5.41, 5.74) is 7.32. The van der Waals surface area contributed by atoms with E-state index in [1.54, 1.807) is 7.11 Å². The first-order valence-electron chi connectivity index (χ1n) is 11.0. The van der Waals surface area contributed by atoms with E-state index in [-0.39, 0.29) is 6.04 Å². The minimum atomic E-state index is 0.249. The SMILES string of the molecule is CC.CCOc1nc(C(C)C)ccc1-c1nc2c(C)cn(C(C)COC)c2cc1C. The van der Waals surface area contributed by atoms with Gasteiger partial charge in [0.1, 0.15) is 0 Å². The Morgan fingerprint density at radius 2 is 1.73 bits per heavy atom. The quantitative estimate of drug-likeness (QED) is 0.447. The number of nitrogens with zero attached hydrogens (tertiary/aromatic N) is 3. The van der Waals surface area contributed by atoms with E-state index >= 15 is 0 Å². The number of rotatable bonds is 7. The molecule has 3 rings (SSSR count). The minimum absolute atomic E-state index is 0.249. The van der Waals surface area contributed by atoms with Crippen LogP contribution in [0.4, 0.5) is 0 Å². The molecule has 0 spiro atoms. The number of hydrogen-bond donors (Lipinski definition) is 0. The monoisotopic (exact) mass is 411 g/mol. The first kappa shape index (κ1) is 23.9. The standard InChI is InChI=1S/C23H31N3O2.C2H6/c1-8-28-23-18(9-10-19(24-23)14(2)3)21-15(4)11-20-22(25-21)16(5)12-26(20)17(6)13-27-7;1-2/h9-12,14,17H,8,13H2,1-7H3;1-2H3. The summed E-state index contributed by atoms with van der Waals surface area (Å²) in [5.74, 6) is 1.01. The number of aromatic nitrogens is 3. The lowest BCUT2D eigenvalue weighted by atomic mass is 10.0. The molecule has 0 fully saturated rings. The van der Waals surface area contributed by atoms with Gasteiger partial charge < -0.3 is 14.0 Å². The molecule has 0 saturated heterocycles. The fraction of sp³-hybridized carbons (Fsp3) is 0.520. The van der Waals surface area contributed by atoms with Crippen molar-refractivity contribution in [3.63, 3.8) is 0 Å². The number of methoxy groups -OCH3 is 1. The van der Waals surface area contributed by atoms with E-state index in [4.69, 9.17) is 19.4 Å². The van der Waals surface area contributed by atoms with Crippen LogP contribution in [0.5, 0.6) is 5.88 Å². The Balaban J connectivity index is 0.00000155. The van der Waals surface area contributed by atoms with Gasteiger partial charge in [0, 0.05) is 19.0 Å². The number of ether oxygens (including phenoxy) is 2. The molecule has 0 aliphatic heterocycles. The van der Waals surface area contributed by atoms with E-state index in [9.17, 15) is 0 Å². The van der Waals surface area contributed by atoms with Crippen molar-refractivity contribution < 1.29 is 9.47 Å². The molecule has 0 saturated carbocycles. The average molecular weight is 412 g/mol. The van der Waals surface area contributed by atoms with Gasteiger partial charge >= 0.3 is 0 Å². The molecular weight excluding hydrogens is 374 g/mol. The molecule has 3 aromatic rings. The zero-order chi connectivity index (χ0) is 22.4. The van der Waals surface area contributed by atoms with Crippen molar-refractivity contribution in [2.45, 2.75) is 67.3 Å². The van der Waals surface area contributed by atoms with Crippen molar-refractivity contribution in [2.24, 2.45) is 0 Å². The van der Waals surface area contributed by atoms with Crippen LogP contribution in [0.25, 0.3) is 22.3 Å². The second-order valence-electron chi connectivity index (χ2n) is 7.72. The van der Waals surface area contributed by atoms with Gasteiger partial charge in [-0.3, -0.25) is 0 Å². The lowest BCUT2D eigenvalue weighted by molar-refractivity contribution is 0.164. The van der Waals surface area contributed by atoms with Crippen LogP contribution in [0, 0.1) is 13.8 Å². The van der Waals surface area contributed by atoms with Crippen molar-refractivity contribution in [1.82, 2.24) is 14.5 Å².